The van der Waals surface area contributed by atoms with E-state index in [0.717, 1.165) is 0 Å². The summed E-state index contributed by atoms with van der Waals surface area (Å²) in [5.74, 6) is 0. The fraction of sp³-hybridized carbons (Fsp3) is 1.00. The molecule has 1 aliphatic heterocycles. The molecule has 1 aliphatic carbocycles. The highest BCUT2D eigenvalue weighted by molar-refractivity contribution is 5.00. The Morgan fingerprint density at radius 3 is 1.52 bits per heavy atom. The Morgan fingerprint density at radius 1 is 0.609 bits per heavy atom. The molecule has 0 amide bonds. The molecule has 1 saturated carbocycles. The molecule has 0 radical (unpaired) electrons. The van der Waals surface area contributed by atoms with Crippen LogP contribution in [-0.2, 0) is 9.47 Å². The van der Waals surface area contributed by atoms with Gasteiger partial charge in [-0.2, -0.15) is 0 Å². The van der Waals surface area contributed by atoms with E-state index in [2.05, 4.69) is 0 Å². The van der Waals surface area contributed by atoms with Crippen LogP contribution < -0.4 is 0 Å². The maximum atomic E-state index is 9.85. The molecule has 2 fully saturated rings. The molecule has 1 heterocycles. The number of hydrogen-bond acceptors (Lipinski definition) is 11. The second kappa shape index (κ2) is 7.21. The van der Waals surface area contributed by atoms with Crippen molar-refractivity contribution in [3.8, 4) is 0 Å². The summed E-state index contributed by atoms with van der Waals surface area (Å²) in [5, 5.41) is 86.6. The Morgan fingerprint density at radius 2 is 1.04 bits per heavy atom. The summed E-state index contributed by atoms with van der Waals surface area (Å²) >= 11 is 0. The van der Waals surface area contributed by atoms with Gasteiger partial charge in [0.2, 0.25) is 0 Å². The van der Waals surface area contributed by atoms with Crippen molar-refractivity contribution >= 4 is 0 Å². The van der Waals surface area contributed by atoms with E-state index in [1.807, 2.05) is 0 Å². The summed E-state index contributed by atoms with van der Waals surface area (Å²) in [6, 6.07) is 0. The third-order valence-electron chi connectivity index (χ3n) is 4.21. The van der Waals surface area contributed by atoms with Gasteiger partial charge in [0.25, 0.3) is 0 Å². The van der Waals surface area contributed by atoms with Gasteiger partial charge < -0.3 is 55.4 Å². The Labute approximate surface area is 130 Å². The summed E-state index contributed by atoms with van der Waals surface area (Å²) in [6.45, 7) is -0.704. The Kier molecular flexibility index (Phi) is 5.92. The molecule has 2 unspecified atom stereocenters. The van der Waals surface area contributed by atoms with Gasteiger partial charge in [-0.15, -0.1) is 0 Å². The minimum Gasteiger partial charge on any atom is -0.394 e. The lowest BCUT2D eigenvalue weighted by atomic mass is 9.84. The molecule has 2 rings (SSSR count). The van der Waals surface area contributed by atoms with Crippen molar-refractivity contribution in [3.05, 3.63) is 0 Å². The van der Waals surface area contributed by atoms with Crippen LogP contribution in [-0.4, -0.2) is 120 Å². The van der Waals surface area contributed by atoms with Crippen molar-refractivity contribution in [2.24, 2.45) is 0 Å². The summed E-state index contributed by atoms with van der Waals surface area (Å²) in [5.41, 5.74) is 0. The van der Waals surface area contributed by atoms with Gasteiger partial charge >= 0.3 is 0 Å². The molecule has 9 N–H and O–H groups in total. The van der Waals surface area contributed by atoms with Gasteiger partial charge in [0.15, 0.2) is 6.29 Å². The van der Waals surface area contributed by atoms with E-state index in [-0.39, 0.29) is 0 Å². The van der Waals surface area contributed by atoms with E-state index in [1.165, 1.54) is 0 Å². The van der Waals surface area contributed by atoms with Crippen molar-refractivity contribution in [1.29, 1.82) is 0 Å². The first-order valence-corrected chi connectivity index (χ1v) is 7.07. The van der Waals surface area contributed by atoms with Gasteiger partial charge in [-0.05, 0) is 0 Å². The van der Waals surface area contributed by atoms with Gasteiger partial charge in [-0.3, -0.25) is 0 Å². The molecule has 0 aromatic carbocycles. The first kappa shape index (κ1) is 18.9. The number of rotatable bonds is 3. The minimum absolute atomic E-state index is 0.704. The van der Waals surface area contributed by atoms with Crippen LogP contribution in [0.25, 0.3) is 0 Å². The zero-order chi connectivity index (χ0) is 17.5. The predicted molar refractivity (Wildman–Crippen MR) is 68.7 cm³/mol. The van der Waals surface area contributed by atoms with Gasteiger partial charge in [0.1, 0.15) is 61.0 Å². The molecular weight excluding hydrogens is 320 g/mol. The van der Waals surface area contributed by atoms with Crippen LogP contribution in [0.3, 0.4) is 0 Å². The lowest BCUT2D eigenvalue weighted by molar-refractivity contribution is -0.339. The maximum Gasteiger partial charge on any atom is 0.187 e. The smallest absolute Gasteiger partial charge is 0.187 e. The van der Waals surface area contributed by atoms with Crippen LogP contribution in [0.15, 0.2) is 0 Å². The monoisotopic (exact) mass is 342 g/mol. The SMILES string of the molecule is OC[C@H]1O[C@@H](OC2[C@@H](O)[C@@H](O)C(O)[C@H](O)[C@H]2O)[C@H](O)[C@@H](O)[C@@H]1O. The molecule has 1 saturated heterocycles. The second-order valence-electron chi connectivity index (χ2n) is 5.75. The van der Waals surface area contributed by atoms with Gasteiger partial charge in [-0.25, -0.2) is 0 Å². The number of aliphatic hydroxyl groups is 9. The van der Waals surface area contributed by atoms with Crippen LogP contribution in [0.1, 0.15) is 0 Å². The van der Waals surface area contributed by atoms with Crippen molar-refractivity contribution in [3.63, 3.8) is 0 Å². The van der Waals surface area contributed by atoms with Crippen LogP contribution in [0.5, 0.6) is 0 Å². The molecule has 2 aliphatic rings. The van der Waals surface area contributed by atoms with Crippen molar-refractivity contribution in [1.82, 2.24) is 0 Å². The predicted octanol–water partition coefficient (Wildman–Crippen LogP) is -6.01. The number of aliphatic hydroxyl groups excluding tert-OH is 9. The minimum atomic E-state index is -1.83. The van der Waals surface area contributed by atoms with E-state index >= 15 is 0 Å². The maximum absolute atomic E-state index is 9.85. The fourth-order valence-corrected chi connectivity index (χ4v) is 2.69. The Balaban J connectivity index is 2.13. The molecule has 0 aromatic heterocycles. The van der Waals surface area contributed by atoms with Crippen molar-refractivity contribution in [2.45, 2.75) is 67.3 Å². The second-order valence-corrected chi connectivity index (χ2v) is 5.75. The van der Waals surface area contributed by atoms with Gasteiger partial charge in [-0.1, -0.05) is 0 Å². The molecule has 136 valence electrons. The highest BCUT2D eigenvalue weighted by atomic mass is 16.7. The standard InChI is InChI=1S/C12H22O11/c13-1-2-3(14)4(15)10(21)12(22-2)23-11-8(19)6(17)5(16)7(18)9(11)20/h2-21H,1H2/t2-,3-,4+,5?,6+,7+,8-,9+,10-,11?,12+/m1/s1. The topological polar surface area (TPSA) is 201 Å². The van der Waals surface area contributed by atoms with Crippen molar-refractivity contribution in [2.75, 3.05) is 6.61 Å². The first-order chi connectivity index (χ1) is 10.7. The normalized spacial score (nSPS) is 54.9. The Hall–Kier alpha value is -0.440. The number of hydrogen-bond donors (Lipinski definition) is 9. The lowest BCUT2D eigenvalue weighted by Crippen LogP contribution is -2.67. The zero-order valence-corrected chi connectivity index (χ0v) is 11.9. The third kappa shape index (κ3) is 3.36. The lowest BCUT2D eigenvalue weighted by Gasteiger charge is -2.45. The molecule has 0 bridgehead atoms. The summed E-state index contributed by atoms with van der Waals surface area (Å²) in [6.07, 6.45) is -18.9. The van der Waals surface area contributed by atoms with Crippen molar-refractivity contribution < 1.29 is 55.4 Å². The average molecular weight is 342 g/mol. The van der Waals surface area contributed by atoms with Crippen LogP contribution in [0, 0.1) is 0 Å². The van der Waals surface area contributed by atoms with Crippen LogP contribution in [0.4, 0.5) is 0 Å². The number of ether oxygens (including phenoxy) is 2. The summed E-state index contributed by atoms with van der Waals surface area (Å²) in [7, 11) is 0. The van der Waals surface area contributed by atoms with Crippen LogP contribution >= 0.6 is 0 Å². The Bertz CT molecular complexity index is 377. The molecular formula is C12H22O11. The molecule has 23 heavy (non-hydrogen) atoms. The summed E-state index contributed by atoms with van der Waals surface area (Å²) < 4.78 is 10.2. The average Bonchev–Trinajstić information content (AvgIpc) is 2.54. The van der Waals surface area contributed by atoms with Gasteiger partial charge in [0.05, 0.1) is 6.61 Å². The highest BCUT2D eigenvalue weighted by Gasteiger charge is 2.52. The largest absolute Gasteiger partial charge is 0.394 e. The summed E-state index contributed by atoms with van der Waals surface area (Å²) in [4.78, 5) is 0. The van der Waals surface area contributed by atoms with E-state index in [4.69, 9.17) is 14.6 Å². The molecule has 11 heteroatoms. The zero-order valence-electron chi connectivity index (χ0n) is 11.9. The van der Waals surface area contributed by atoms with E-state index in [9.17, 15) is 40.9 Å². The molecule has 0 spiro atoms. The molecule has 11 atom stereocenters. The first-order valence-electron chi connectivity index (χ1n) is 7.07. The molecule has 11 nitrogen and oxygen atoms in total. The molecule has 0 aromatic rings. The van der Waals surface area contributed by atoms with E-state index < -0.39 is 73.9 Å². The fourth-order valence-electron chi connectivity index (χ4n) is 2.69. The van der Waals surface area contributed by atoms with E-state index in [0.29, 0.717) is 0 Å². The quantitative estimate of drug-likeness (QED) is 0.236. The van der Waals surface area contributed by atoms with Gasteiger partial charge in [0, 0.05) is 0 Å². The van der Waals surface area contributed by atoms with Crippen LogP contribution in [0.2, 0.25) is 0 Å². The highest BCUT2D eigenvalue weighted by Crippen LogP contribution is 2.29. The third-order valence-corrected chi connectivity index (χ3v) is 4.21. The van der Waals surface area contributed by atoms with E-state index in [1.54, 1.807) is 0 Å².